The molecule has 0 aromatic heterocycles. The third kappa shape index (κ3) is 10.4. The Hall–Kier alpha value is -3.53. The van der Waals surface area contributed by atoms with Crippen LogP contribution in [0.2, 0.25) is 0 Å². The Labute approximate surface area is 244 Å². The number of nitrogens with two attached hydrogens (primary N) is 1. The Morgan fingerprint density at radius 2 is 1.71 bits per heavy atom. The van der Waals surface area contributed by atoms with Gasteiger partial charge in [-0.15, -0.1) is 0 Å². The van der Waals surface area contributed by atoms with Gasteiger partial charge in [-0.3, -0.25) is 19.8 Å². The molecule has 1 aliphatic heterocycles. The standard InChI is InChI=1S/C32H45N5O4/c1-31(2,33)18-11-17-28(38)34-27(23-41-22-26-15-9-6-10-16-26)29(39)37-20-12-19-32(24-37,30(40)35-36(3)4)21-25-13-7-5-8-14-25/h5-11,13-17,27H,12,18-24,33H2,1-4H3,(H,34,38)(H,35,40)/b17-11+/t27-,32+/m0/s1. The van der Waals surface area contributed by atoms with Crippen LogP contribution in [0.1, 0.15) is 44.2 Å². The fourth-order valence-electron chi connectivity index (χ4n) is 4.99. The van der Waals surface area contributed by atoms with Crippen molar-refractivity contribution in [3.63, 3.8) is 0 Å². The molecule has 1 aliphatic rings. The summed E-state index contributed by atoms with van der Waals surface area (Å²) in [6, 6.07) is 18.6. The van der Waals surface area contributed by atoms with Crippen LogP contribution in [-0.2, 0) is 32.1 Å². The summed E-state index contributed by atoms with van der Waals surface area (Å²) in [6.45, 7) is 4.80. The Bertz CT molecular complexity index is 1160. The van der Waals surface area contributed by atoms with E-state index in [9.17, 15) is 14.4 Å². The summed E-state index contributed by atoms with van der Waals surface area (Å²) < 4.78 is 5.91. The van der Waals surface area contributed by atoms with Gasteiger partial charge in [0.2, 0.25) is 17.7 Å². The second-order valence-corrected chi connectivity index (χ2v) is 11.8. The highest BCUT2D eigenvalue weighted by atomic mass is 16.5. The lowest BCUT2D eigenvalue weighted by atomic mass is 9.74. The first-order chi connectivity index (χ1) is 19.5. The number of piperidine rings is 1. The van der Waals surface area contributed by atoms with Gasteiger partial charge in [0, 0.05) is 32.7 Å². The predicted octanol–water partition coefficient (Wildman–Crippen LogP) is 2.82. The van der Waals surface area contributed by atoms with Gasteiger partial charge in [-0.2, -0.15) is 0 Å². The fraction of sp³-hybridized carbons (Fsp3) is 0.469. The maximum Gasteiger partial charge on any atom is 0.247 e. The van der Waals surface area contributed by atoms with Crippen molar-refractivity contribution in [2.24, 2.45) is 11.1 Å². The molecule has 2 atom stereocenters. The number of hydrogen-bond donors (Lipinski definition) is 3. The maximum absolute atomic E-state index is 13.9. The highest BCUT2D eigenvalue weighted by Gasteiger charge is 2.44. The average molecular weight is 564 g/mol. The molecule has 1 heterocycles. The van der Waals surface area contributed by atoms with Crippen molar-refractivity contribution < 1.29 is 19.1 Å². The van der Waals surface area contributed by atoms with Gasteiger partial charge in [-0.05, 0) is 56.7 Å². The molecule has 2 aromatic rings. The normalized spacial score (nSPS) is 18.3. The van der Waals surface area contributed by atoms with Crippen molar-refractivity contribution in [2.45, 2.75) is 57.7 Å². The van der Waals surface area contributed by atoms with E-state index >= 15 is 0 Å². The van der Waals surface area contributed by atoms with Crippen LogP contribution in [-0.4, -0.2) is 73.0 Å². The molecule has 3 amide bonds. The topological polar surface area (TPSA) is 117 Å². The maximum atomic E-state index is 13.9. The highest BCUT2D eigenvalue weighted by Crippen LogP contribution is 2.34. The average Bonchev–Trinajstić information content (AvgIpc) is 2.92. The lowest BCUT2D eigenvalue weighted by Gasteiger charge is -2.43. The van der Waals surface area contributed by atoms with Crippen LogP contribution in [0.3, 0.4) is 0 Å². The van der Waals surface area contributed by atoms with Gasteiger partial charge in [0.25, 0.3) is 0 Å². The van der Waals surface area contributed by atoms with E-state index in [0.717, 1.165) is 11.1 Å². The van der Waals surface area contributed by atoms with E-state index in [1.807, 2.05) is 74.5 Å². The summed E-state index contributed by atoms with van der Waals surface area (Å²) in [6.07, 6.45) is 5.43. The van der Waals surface area contributed by atoms with Crippen molar-refractivity contribution in [1.82, 2.24) is 20.7 Å². The monoisotopic (exact) mass is 563 g/mol. The number of rotatable bonds is 13. The molecule has 4 N–H and O–H groups in total. The number of amides is 3. The van der Waals surface area contributed by atoms with E-state index in [1.54, 1.807) is 30.1 Å². The largest absolute Gasteiger partial charge is 0.374 e. The highest BCUT2D eigenvalue weighted by molar-refractivity contribution is 5.93. The van der Waals surface area contributed by atoms with Gasteiger partial charge in [0.15, 0.2) is 0 Å². The number of carbonyl (C=O) groups is 3. The zero-order chi connectivity index (χ0) is 29.9. The van der Waals surface area contributed by atoms with Crippen molar-refractivity contribution in [2.75, 3.05) is 33.8 Å². The summed E-state index contributed by atoms with van der Waals surface area (Å²) in [7, 11) is 3.55. The molecule has 1 saturated heterocycles. The van der Waals surface area contributed by atoms with Crippen LogP contribution in [0.15, 0.2) is 72.8 Å². The smallest absolute Gasteiger partial charge is 0.247 e. The molecule has 0 radical (unpaired) electrons. The van der Waals surface area contributed by atoms with Crippen LogP contribution in [0, 0.1) is 5.41 Å². The number of hydrogen-bond acceptors (Lipinski definition) is 6. The van der Waals surface area contributed by atoms with Gasteiger partial charge < -0.3 is 20.7 Å². The zero-order valence-corrected chi connectivity index (χ0v) is 24.8. The van der Waals surface area contributed by atoms with E-state index in [2.05, 4.69) is 10.7 Å². The van der Waals surface area contributed by atoms with Crippen molar-refractivity contribution in [1.29, 1.82) is 0 Å². The second kappa shape index (κ2) is 14.9. The van der Waals surface area contributed by atoms with Crippen LogP contribution < -0.4 is 16.5 Å². The molecule has 0 spiro atoms. The molecule has 9 heteroatoms. The fourth-order valence-corrected chi connectivity index (χ4v) is 4.99. The van der Waals surface area contributed by atoms with Crippen LogP contribution in [0.25, 0.3) is 0 Å². The van der Waals surface area contributed by atoms with Crippen LogP contribution in [0.5, 0.6) is 0 Å². The van der Waals surface area contributed by atoms with E-state index in [0.29, 0.717) is 38.8 Å². The summed E-state index contributed by atoms with van der Waals surface area (Å²) in [5.41, 5.74) is 9.68. The van der Waals surface area contributed by atoms with Gasteiger partial charge in [0.05, 0.1) is 18.6 Å². The SMILES string of the molecule is CN(C)NC(=O)[C@@]1(Cc2ccccc2)CCCN(C(=O)[C@H](COCc2ccccc2)NC(=O)/C=C/CC(C)(C)N)C1. The molecular weight excluding hydrogens is 518 g/mol. The quantitative estimate of drug-likeness (QED) is 0.255. The first-order valence-corrected chi connectivity index (χ1v) is 14.2. The molecule has 0 aliphatic carbocycles. The van der Waals surface area contributed by atoms with Crippen molar-refractivity contribution in [3.05, 3.63) is 83.9 Å². The summed E-state index contributed by atoms with van der Waals surface area (Å²) in [5, 5.41) is 4.46. The van der Waals surface area contributed by atoms with E-state index in [1.165, 1.54) is 6.08 Å². The molecule has 0 unspecified atom stereocenters. The minimum Gasteiger partial charge on any atom is -0.374 e. The Balaban J connectivity index is 1.79. The lowest BCUT2D eigenvalue weighted by molar-refractivity contribution is -0.147. The molecular formula is C32H45N5O4. The number of benzene rings is 2. The molecule has 222 valence electrons. The summed E-state index contributed by atoms with van der Waals surface area (Å²) in [5.74, 6) is -0.792. The molecule has 1 fully saturated rings. The first kappa shape index (κ1) is 32.0. The van der Waals surface area contributed by atoms with Crippen molar-refractivity contribution >= 4 is 17.7 Å². The molecule has 0 saturated carbocycles. The molecule has 3 rings (SSSR count). The van der Waals surface area contributed by atoms with Gasteiger partial charge in [0.1, 0.15) is 6.04 Å². The number of ether oxygens (including phenoxy) is 1. The Morgan fingerprint density at radius 3 is 2.32 bits per heavy atom. The van der Waals surface area contributed by atoms with Crippen LogP contribution in [0.4, 0.5) is 0 Å². The van der Waals surface area contributed by atoms with E-state index < -0.39 is 22.9 Å². The number of nitrogens with one attached hydrogen (secondary N) is 2. The van der Waals surface area contributed by atoms with Gasteiger partial charge in [-0.25, -0.2) is 5.01 Å². The second-order valence-electron chi connectivity index (χ2n) is 11.8. The summed E-state index contributed by atoms with van der Waals surface area (Å²) >= 11 is 0. The zero-order valence-electron chi connectivity index (χ0n) is 24.8. The minimum atomic E-state index is -0.911. The van der Waals surface area contributed by atoms with Gasteiger partial charge in [-0.1, -0.05) is 66.7 Å². The number of nitrogens with zero attached hydrogens (tertiary/aromatic N) is 2. The number of carbonyl (C=O) groups excluding carboxylic acids is 3. The third-order valence-corrected chi connectivity index (χ3v) is 7.00. The molecule has 9 nitrogen and oxygen atoms in total. The van der Waals surface area contributed by atoms with E-state index in [-0.39, 0.29) is 25.0 Å². The summed E-state index contributed by atoms with van der Waals surface area (Å²) in [4.78, 5) is 42.0. The number of likely N-dealkylation sites (tertiary alicyclic amines) is 1. The Kier molecular flexibility index (Phi) is 11.6. The Morgan fingerprint density at radius 1 is 1.07 bits per heavy atom. The molecule has 0 bridgehead atoms. The third-order valence-electron chi connectivity index (χ3n) is 7.00. The molecule has 2 aromatic carbocycles. The lowest BCUT2D eigenvalue weighted by Crippen LogP contribution is -2.59. The van der Waals surface area contributed by atoms with E-state index in [4.69, 9.17) is 10.5 Å². The molecule has 41 heavy (non-hydrogen) atoms. The predicted molar refractivity (Wildman–Crippen MR) is 160 cm³/mol. The van der Waals surface area contributed by atoms with Crippen LogP contribution >= 0.6 is 0 Å². The number of hydrazine groups is 1. The minimum absolute atomic E-state index is 0.00175. The first-order valence-electron chi connectivity index (χ1n) is 14.2. The van der Waals surface area contributed by atoms with Crippen molar-refractivity contribution in [3.8, 4) is 0 Å². The van der Waals surface area contributed by atoms with Gasteiger partial charge >= 0.3 is 0 Å².